The van der Waals surface area contributed by atoms with E-state index in [1.54, 1.807) is 6.92 Å². The fraction of sp³-hybridized carbons (Fsp3) is 0.583. The highest BCUT2D eigenvalue weighted by Gasteiger charge is 2.50. The first-order valence-corrected chi connectivity index (χ1v) is 5.83. The second-order valence-electron chi connectivity index (χ2n) is 4.19. The van der Waals surface area contributed by atoms with E-state index in [4.69, 9.17) is 0 Å². The minimum Gasteiger partial charge on any atom is -0.277 e. The lowest BCUT2D eigenvalue weighted by Crippen LogP contribution is -2.62. The molecule has 0 aromatic rings. The molecule has 0 radical (unpaired) electrons. The number of hydrogen-bond acceptors (Lipinski definition) is 3. The van der Waals surface area contributed by atoms with Crippen molar-refractivity contribution in [1.29, 1.82) is 0 Å². The fourth-order valence-corrected chi connectivity index (χ4v) is 2.19. The lowest BCUT2D eigenvalue weighted by Gasteiger charge is -2.34. The maximum atomic E-state index is 12.0. The van der Waals surface area contributed by atoms with Gasteiger partial charge in [-0.3, -0.25) is 20.2 Å². The van der Waals surface area contributed by atoms with Crippen LogP contribution in [-0.4, -0.2) is 17.8 Å². The highest BCUT2D eigenvalue weighted by atomic mass is 16.2. The highest BCUT2D eigenvalue weighted by molar-refractivity contribution is 6.21. The van der Waals surface area contributed by atoms with Crippen molar-refractivity contribution in [1.82, 2.24) is 10.6 Å². The molecular formula is C12H18N2O3. The third-order valence-corrected chi connectivity index (χ3v) is 3.04. The molecule has 5 nitrogen and oxygen atoms in total. The third kappa shape index (κ3) is 2.23. The minimum atomic E-state index is -1.22. The van der Waals surface area contributed by atoms with Crippen LogP contribution in [0.1, 0.15) is 40.0 Å². The molecule has 0 unspecified atom stereocenters. The van der Waals surface area contributed by atoms with Crippen molar-refractivity contribution in [3.8, 4) is 0 Å². The van der Waals surface area contributed by atoms with E-state index >= 15 is 0 Å². The van der Waals surface area contributed by atoms with Gasteiger partial charge in [0, 0.05) is 0 Å². The van der Waals surface area contributed by atoms with Crippen LogP contribution in [0.15, 0.2) is 11.6 Å². The smallest absolute Gasteiger partial charge is 0.277 e. The Kier molecular flexibility index (Phi) is 4.04. The molecule has 1 aliphatic rings. The molecule has 1 heterocycles. The molecular weight excluding hydrogens is 220 g/mol. The Labute approximate surface area is 101 Å². The molecule has 17 heavy (non-hydrogen) atoms. The van der Waals surface area contributed by atoms with Crippen LogP contribution in [0, 0.1) is 5.41 Å². The number of carbonyl (C=O) groups is 3. The molecule has 5 heteroatoms. The summed E-state index contributed by atoms with van der Waals surface area (Å²) < 4.78 is 0. The van der Waals surface area contributed by atoms with Gasteiger partial charge in [-0.15, -0.1) is 0 Å². The maximum absolute atomic E-state index is 12.0. The molecule has 94 valence electrons. The van der Waals surface area contributed by atoms with Crippen LogP contribution in [0.25, 0.3) is 0 Å². The Morgan fingerprint density at radius 1 is 1.18 bits per heavy atom. The predicted octanol–water partition coefficient (Wildman–Crippen LogP) is 1.50. The van der Waals surface area contributed by atoms with E-state index in [0.717, 1.165) is 6.42 Å². The SMILES string of the molecule is CCC=C(C)C1(CCC)C(=O)NC(=O)NC1=O. The molecule has 2 N–H and O–H groups in total. The molecule has 0 atom stereocenters. The summed E-state index contributed by atoms with van der Waals surface area (Å²) in [4.78, 5) is 35.1. The van der Waals surface area contributed by atoms with E-state index in [0.29, 0.717) is 18.4 Å². The van der Waals surface area contributed by atoms with Gasteiger partial charge in [0.15, 0.2) is 0 Å². The Bertz CT molecular complexity index is 365. The summed E-state index contributed by atoms with van der Waals surface area (Å²) in [5.41, 5.74) is -0.525. The molecule has 1 saturated heterocycles. The van der Waals surface area contributed by atoms with Crippen molar-refractivity contribution in [3.05, 3.63) is 11.6 Å². The summed E-state index contributed by atoms with van der Waals surface area (Å²) in [5.74, 6) is -1.04. The van der Waals surface area contributed by atoms with Crippen molar-refractivity contribution < 1.29 is 14.4 Å². The molecule has 1 fully saturated rings. The first-order valence-electron chi connectivity index (χ1n) is 5.83. The van der Waals surface area contributed by atoms with Crippen molar-refractivity contribution in [2.45, 2.75) is 40.0 Å². The van der Waals surface area contributed by atoms with Crippen LogP contribution < -0.4 is 10.6 Å². The molecule has 0 spiro atoms. The number of imide groups is 2. The van der Waals surface area contributed by atoms with Gasteiger partial charge in [0.05, 0.1) is 0 Å². The molecule has 4 amide bonds. The largest absolute Gasteiger partial charge is 0.328 e. The monoisotopic (exact) mass is 238 g/mol. The number of urea groups is 1. The molecule has 0 saturated carbocycles. The number of carbonyl (C=O) groups excluding carboxylic acids is 3. The van der Waals surface area contributed by atoms with E-state index in [2.05, 4.69) is 10.6 Å². The van der Waals surface area contributed by atoms with Gasteiger partial charge in [-0.05, 0) is 19.8 Å². The molecule has 1 rings (SSSR count). The Morgan fingerprint density at radius 2 is 1.71 bits per heavy atom. The lowest BCUT2D eigenvalue weighted by molar-refractivity contribution is -0.142. The standard InChI is InChI=1S/C12H18N2O3/c1-4-6-8(3)12(7-5-2)9(15)13-11(17)14-10(12)16/h6H,4-5,7H2,1-3H3,(H2,13,14,15,16,17). The van der Waals surface area contributed by atoms with Crippen LogP contribution in [0.4, 0.5) is 4.79 Å². The van der Waals surface area contributed by atoms with Crippen molar-refractivity contribution in [2.24, 2.45) is 5.41 Å². The van der Waals surface area contributed by atoms with E-state index in [1.165, 1.54) is 0 Å². The molecule has 0 aliphatic carbocycles. The summed E-state index contributed by atoms with van der Waals surface area (Å²) in [6.45, 7) is 5.60. The second kappa shape index (κ2) is 5.12. The van der Waals surface area contributed by atoms with E-state index in [9.17, 15) is 14.4 Å². The van der Waals surface area contributed by atoms with Crippen molar-refractivity contribution in [2.75, 3.05) is 0 Å². The lowest BCUT2D eigenvalue weighted by atomic mass is 9.74. The zero-order valence-corrected chi connectivity index (χ0v) is 10.4. The van der Waals surface area contributed by atoms with Gasteiger partial charge in [-0.2, -0.15) is 0 Å². The maximum Gasteiger partial charge on any atom is 0.328 e. The van der Waals surface area contributed by atoms with Gasteiger partial charge in [-0.1, -0.05) is 31.9 Å². The van der Waals surface area contributed by atoms with Crippen molar-refractivity contribution in [3.63, 3.8) is 0 Å². The van der Waals surface area contributed by atoms with Gasteiger partial charge in [0.25, 0.3) is 0 Å². The first kappa shape index (κ1) is 13.4. The first-order chi connectivity index (χ1) is 7.98. The summed E-state index contributed by atoms with van der Waals surface area (Å²) in [6, 6.07) is -0.740. The number of barbiturate groups is 1. The summed E-state index contributed by atoms with van der Waals surface area (Å²) in [7, 11) is 0. The zero-order valence-electron chi connectivity index (χ0n) is 10.4. The minimum absolute atomic E-state index is 0.403. The molecule has 0 bridgehead atoms. The molecule has 0 aromatic carbocycles. The Morgan fingerprint density at radius 3 is 2.12 bits per heavy atom. The third-order valence-electron chi connectivity index (χ3n) is 3.04. The number of nitrogens with one attached hydrogen (secondary N) is 2. The predicted molar refractivity (Wildman–Crippen MR) is 63.1 cm³/mol. The highest BCUT2D eigenvalue weighted by Crippen LogP contribution is 2.35. The summed E-state index contributed by atoms with van der Waals surface area (Å²) >= 11 is 0. The normalized spacial score (nSPS) is 19.9. The van der Waals surface area contributed by atoms with Crippen LogP contribution in [0.5, 0.6) is 0 Å². The quantitative estimate of drug-likeness (QED) is 0.575. The van der Waals surface area contributed by atoms with Crippen LogP contribution in [0.2, 0.25) is 0 Å². The van der Waals surface area contributed by atoms with Gasteiger partial charge >= 0.3 is 6.03 Å². The molecule has 0 aromatic heterocycles. The second-order valence-corrected chi connectivity index (χ2v) is 4.19. The summed E-state index contributed by atoms with van der Waals surface area (Å²) in [6.07, 6.45) is 3.68. The number of rotatable bonds is 4. The van der Waals surface area contributed by atoms with Gasteiger partial charge in [-0.25, -0.2) is 4.79 Å². The van der Waals surface area contributed by atoms with Gasteiger partial charge in [0.1, 0.15) is 5.41 Å². The topological polar surface area (TPSA) is 75.3 Å². The average molecular weight is 238 g/mol. The van der Waals surface area contributed by atoms with E-state index in [1.807, 2.05) is 19.9 Å². The van der Waals surface area contributed by atoms with Crippen molar-refractivity contribution >= 4 is 17.8 Å². The molecule has 1 aliphatic heterocycles. The van der Waals surface area contributed by atoms with E-state index in [-0.39, 0.29) is 0 Å². The fourth-order valence-electron chi connectivity index (χ4n) is 2.19. The zero-order chi connectivity index (χ0) is 13.1. The average Bonchev–Trinajstić information content (AvgIpc) is 2.23. The Hall–Kier alpha value is -1.65. The Balaban J connectivity index is 3.22. The van der Waals surface area contributed by atoms with Crippen LogP contribution in [-0.2, 0) is 9.59 Å². The number of amides is 4. The van der Waals surface area contributed by atoms with Gasteiger partial charge < -0.3 is 0 Å². The summed E-state index contributed by atoms with van der Waals surface area (Å²) in [5, 5.41) is 4.35. The van der Waals surface area contributed by atoms with Crippen LogP contribution >= 0.6 is 0 Å². The number of allylic oxidation sites excluding steroid dienone is 1. The van der Waals surface area contributed by atoms with E-state index < -0.39 is 23.3 Å². The number of hydrogen-bond donors (Lipinski definition) is 2. The van der Waals surface area contributed by atoms with Gasteiger partial charge in [0.2, 0.25) is 11.8 Å². The van der Waals surface area contributed by atoms with Crippen LogP contribution in [0.3, 0.4) is 0 Å².